The van der Waals surface area contributed by atoms with Gasteiger partial charge in [-0.3, -0.25) is 9.10 Å². The first-order chi connectivity index (χ1) is 14.8. The molecule has 1 aliphatic heterocycles. The van der Waals surface area contributed by atoms with Crippen LogP contribution in [0.5, 0.6) is 11.5 Å². The molecular weight excluding hydrogens is 443 g/mol. The Labute approximate surface area is 186 Å². The SMILES string of the molecule is CC(C(=O)NCCSCc1ccccc1F)N(c1ccc2c(c1)OCCO2)S(C)(=O)=O. The number of nitrogens with one attached hydrogen (secondary N) is 1. The molecule has 0 bridgehead atoms. The van der Waals surface area contributed by atoms with Crippen LogP contribution in [0.25, 0.3) is 0 Å². The van der Waals surface area contributed by atoms with E-state index in [1.54, 1.807) is 36.4 Å². The Hall–Kier alpha value is -2.46. The first-order valence-corrected chi connectivity index (χ1v) is 12.8. The van der Waals surface area contributed by atoms with Gasteiger partial charge < -0.3 is 14.8 Å². The number of carbonyl (C=O) groups is 1. The van der Waals surface area contributed by atoms with Crippen molar-refractivity contribution in [3.63, 3.8) is 0 Å². The normalized spacial score (nSPS) is 14.0. The van der Waals surface area contributed by atoms with Gasteiger partial charge >= 0.3 is 0 Å². The molecule has 0 fully saturated rings. The molecule has 7 nitrogen and oxygen atoms in total. The van der Waals surface area contributed by atoms with Crippen LogP contribution in [0.1, 0.15) is 12.5 Å². The van der Waals surface area contributed by atoms with Gasteiger partial charge in [-0.15, -0.1) is 0 Å². The molecule has 1 atom stereocenters. The average molecular weight is 469 g/mol. The highest BCUT2D eigenvalue weighted by Gasteiger charge is 2.30. The van der Waals surface area contributed by atoms with E-state index in [0.29, 0.717) is 54.0 Å². The fourth-order valence-electron chi connectivity index (χ4n) is 3.17. The van der Waals surface area contributed by atoms with Gasteiger partial charge in [-0.05, 0) is 30.7 Å². The topological polar surface area (TPSA) is 84.9 Å². The number of anilines is 1. The third-order valence-electron chi connectivity index (χ3n) is 4.63. The minimum Gasteiger partial charge on any atom is -0.486 e. The second-order valence-electron chi connectivity index (χ2n) is 7.00. The number of hydrogen-bond donors (Lipinski definition) is 1. The molecule has 0 aromatic heterocycles. The van der Waals surface area contributed by atoms with E-state index < -0.39 is 22.0 Å². The van der Waals surface area contributed by atoms with E-state index in [0.717, 1.165) is 10.6 Å². The molecule has 0 saturated carbocycles. The summed E-state index contributed by atoms with van der Waals surface area (Å²) in [5.41, 5.74) is 0.928. The van der Waals surface area contributed by atoms with E-state index >= 15 is 0 Å². The molecule has 1 aliphatic rings. The van der Waals surface area contributed by atoms with Gasteiger partial charge in [-0.2, -0.15) is 11.8 Å². The van der Waals surface area contributed by atoms with Crippen molar-refractivity contribution < 1.29 is 27.1 Å². The monoisotopic (exact) mass is 468 g/mol. The van der Waals surface area contributed by atoms with Crippen LogP contribution < -0.4 is 19.1 Å². The number of benzene rings is 2. The number of amides is 1. The third-order valence-corrected chi connectivity index (χ3v) is 6.88. The Bertz CT molecular complexity index is 1030. The summed E-state index contributed by atoms with van der Waals surface area (Å²) in [5, 5.41) is 2.75. The Kier molecular flexibility index (Phi) is 7.66. The largest absolute Gasteiger partial charge is 0.486 e. The predicted octanol–water partition coefficient (Wildman–Crippen LogP) is 2.80. The zero-order valence-electron chi connectivity index (χ0n) is 17.3. The standard InChI is InChI=1S/C21H25FN2O5S2/c1-15(21(25)23-9-12-30-14-16-5-3-4-6-18(16)22)24(31(2,26)27)17-7-8-19-20(13-17)29-11-10-28-19/h3-8,13,15H,9-12,14H2,1-2H3,(H,23,25). The molecule has 10 heteroatoms. The number of carbonyl (C=O) groups excluding carboxylic acids is 1. The lowest BCUT2D eigenvalue weighted by Crippen LogP contribution is -2.48. The maximum absolute atomic E-state index is 13.6. The molecule has 0 spiro atoms. The van der Waals surface area contributed by atoms with Gasteiger partial charge in [0.1, 0.15) is 25.1 Å². The highest BCUT2D eigenvalue weighted by molar-refractivity contribution is 7.98. The van der Waals surface area contributed by atoms with E-state index in [-0.39, 0.29) is 5.82 Å². The van der Waals surface area contributed by atoms with Gasteiger partial charge in [-0.1, -0.05) is 18.2 Å². The lowest BCUT2D eigenvalue weighted by atomic mass is 10.2. The second-order valence-corrected chi connectivity index (χ2v) is 9.96. The van der Waals surface area contributed by atoms with Crippen LogP contribution in [-0.2, 0) is 20.6 Å². The predicted molar refractivity (Wildman–Crippen MR) is 120 cm³/mol. The van der Waals surface area contributed by atoms with Crippen LogP contribution in [0.15, 0.2) is 42.5 Å². The molecule has 0 aliphatic carbocycles. The average Bonchev–Trinajstić information content (AvgIpc) is 2.73. The van der Waals surface area contributed by atoms with E-state index in [1.165, 1.54) is 24.8 Å². The number of nitrogens with zero attached hydrogens (tertiary/aromatic N) is 1. The minimum absolute atomic E-state index is 0.254. The summed E-state index contributed by atoms with van der Waals surface area (Å²) in [6.07, 6.45) is 1.05. The summed E-state index contributed by atoms with van der Waals surface area (Å²) >= 11 is 1.48. The van der Waals surface area contributed by atoms with E-state index in [1.807, 2.05) is 0 Å². The van der Waals surface area contributed by atoms with Crippen molar-refractivity contribution in [2.45, 2.75) is 18.7 Å². The second kappa shape index (κ2) is 10.2. The van der Waals surface area contributed by atoms with Crippen LogP contribution in [0.4, 0.5) is 10.1 Å². The lowest BCUT2D eigenvalue weighted by molar-refractivity contribution is -0.121. The van der Waals surface area contributed by atoms with Crippen molar-refractivity contribution in [2.75, 3.05) is 36.1 Å². The van der Waals surface area contributed by atoms with E-state index in [4.69, 9.17) is 9.47 Å². The summed E-state index contributed by atoms with van der Waals surface area (Å²) < 4.78 is 50.6. The summed E-state index contributed by atoms with van der Waals surface area (Å²) in [5.74, 6) is 1.35. The molecule has 1 N–H and O–H groups in total. The number of fused-ring (bicyclic) bond motifs is 1. The number of ether oxygens (including phenoxy) is 2. The summed E-state index contributed by atoms with van der Waals surface area (Å²) in [6, 6.07) is 10.4. The molecule has 1 amide bonds. The molecule has 1 heterocycles. The fourth-order valence-corrected chi connectivity index (χ4v) is 5.18. The molecule has 31 heavy (non-hydrogen) atoms. The smallest absolute Gasteiger partial charge is 0.243 e. The van der Waals surface area contributed by atoms with Crippen molar-refractivity contribution in [1.29, 1.82) is 0 Å². The van der Waals surface area contributed by atoms with Gasteiger partial charge in [0.25, 0.3) is 0 Å². The van der Waals surface area contributed by atoms with E-state index in [2.05, 4.69) is 5.32 Å². The summed E-state index contributed by atoms with van der Waals surface area (Å²) in [4.78, 5) is 12.6. The Morgan fingerprint density at radius 1 is 1.19 bits per heavy atom. The Morgan fingerprint density at radius 3 is 2.61 bits per heavy atom. The zero-order valence-corrected chi connectivity index (χ0v) is 19.0. The third kappa shape index (κ3) is 6.04. The molecule has 2 aromatic rings. The number of thioether (sulfide) groups is 1. The van der Waals surface area contributed by atoms with Crippen molar-refractivity contribution in [2.24, 2.45) is 0 Å². The van der Waals surface area contributed by atoms with Gasteiger partial charge in [0, 0.05) is 24.1 Å². The lowest BCUT2D eigenvalue weighted by Gasteiger charge is -2.29. The molecule has 0 saturated heterocycles. The van der Waals surface area contributed by atoms with Crippen molar-refractivity contribution in [3.8, 4) is 11.5 Å². The summed E-state index contributed by atoms with van der Waals surface area (Å²) in [6.45, 7) is 2.66. The quantitative estimate of drug-likeness (QED) is 0.570. The number of sulfonamides is 1. The van der Waals surface area contributed by atoms with Crippen LogP contribution in [0, 0.1) is 5.82 Å². The Morgan fingerprint density at radius 2 is 1.90 bits per heavy atom. The van der Waals surface area contributed by atoms with Crippen molar-refractivity contribution >= 4 is 33.4 Å². The van der Waals surface area contributed by atoms with Crippen LogP contribution in [-0.4, -0.2) is 52.1 Å². The Balaban J connectivity index is 1.59. The highest BCUT2D eigenvalue weighted by atomic mass is 32.2. The maximum atomic E-state index is 13.6. The number of hydrogen-bond acceptors (Lipinski definition) is 6. The molecule has 2 aromatic carbocycles. The van der Waals surface area contributed by atoms with Gasteiger partial charge in [-0.25, -0.2) is 12.8 Å². The minimum atomic E-state index is -3.74. The van der Waals surface area contributed by atoms with Crippen molar-refractivity contribution in [3.05, 3.63) is 53.8 Å². The molecule has 1 unspecified atom stereocenters. The van der Waals surface area contributed by atoms with E-state index in [9.17, 15) is 17.6 Å². The molecule has 0 radical (unpaired) electrons. The van der Waals surface area contributed by atoms with Crippen molar-refractivity contribution in [1.82, 2.24) is 5.32 Å². The maximum Gasteiger partial charge on any atom is 0.243 e. The number of rotatable bonds is 9. The first-order valence-electron chi connectivity index (χ1n) is 9.75. The molecular formula is C21H25FN2O5S2. The molecule has 168 valence electrons. The van der Waals surface area contributed by atoms with Gasteiger partial charge in [0.05, 0.1) is 11.9 Å². The van der Waals surface area contributed by atoms with Gasteiger partial charge in [0.15, 0.2) is 11.5 Å². The summed E-state index contributed by atoms with van der Waals surface area (Å²) in [7, 11) is -3.74. The highest BCUT2D eigenvalue weighted by Crippen LogP contribution is 2.35. The van der Waals surface area contributed by atoms with Crippen LogP contribution in [0.2, 0.25) is 0 Å². The fraction of sp³-hybridized carbons (Fsp3) is 0.381. The number of halogens is 1. The van der Waals surface area contributed by atoms with Gasteiger partial charge in [0.2, 0.25) is 15.9 Å². The zero-order chi connectivity index (χ0) is 22.4. The molecule has 3 rings (SSSR count). The first kappa shape index (κ1) is 23.2. The van der Waals surface area contributed by atoms with Crippen LogP contribution in [0.3, 0.4) is 0 Å². The van der Waals surface area contributed by atoms with Crippen LogP contribution >= 0.6 is 11.8 Å².